The summed E-state index contributed by atoms with van der Waals surface area (Å²) in [6.45, 7) is 1.79. The first kappa shape index (κ1) is 11.1. The molecule has 0 spiro atoms. The summed E-state index contributed by atoms with van der Waals surface area (Å²) in [4.78, 5) is 15.4. The maximum atomic E-state index is 11.3. The van der Waals surface area contributed by atoms with Crippen LogP contribution in [0.3, 0.4) is 0 Å². The minimum absolute atomic E-state index is 0.240. The second-order valence-corrected chi connectivity index (χ2v) is 3.59. The predicted octanol–water partition coefficient (Wildman–Crippen LogP) is 2.28. The molecule has 0 bridgehead atoms. The zero-order valence-corrected chi connectivity index (χ0v) is 9.38. The SMILES string of the molecule is Cc1ccnc(Oc2ccccc2)c1C(N)=O. The predicted molar refractivity (Wildman–Crippen MR) is 64.0 cm³/mol. The number of nitrogens with two attached hydrogens (primary N) is 1. The van der Waals surface area contributed by atoms with Crippen LogP contribution >= 0.6 is 0 Å². The minimum Gasteiger partial charge on any atom is -0.438 e. The third kappa shape index (κ3) is 2.42. The Morgan fingerprint density at radius 1 is 1.24 bits per heavy atom. The molecule has 4 nitrogen and oxygen atoms in total. The Hall–Kier alpha value is -2.36. The Morgan fingerprint density at radius 2 is 1.94 bits per heavy atom. The van der Waals surface area contributed by atoms with Gasteiger partial charge in [0.05, 0.1) is 0 Å². The zero-order valence-electron chi connectivity index (χ0n) is 9.38. The van der Waals surface area contributed by atoms with Crippen molar-refractivity contribution in [3.63, 3.8) is 0 Å². The molecule has 0 fully saturated rings. The number of carbonyl (C=O) groups is 1. The van der Waals surface area contributed by atoms with Crippen molar-refractivity contribution in [3.8, 4) is 11.6 Å². The van der Waals surface area contributed by atoms with Crippen molar-refractivity contribution in [1.29, 1.82) is 0 Å². The van der Waals surface area contributed by atoms with Crippen molar-refractivity contribution < 1.29 is 9.53 Å². The molecular formula is C13H12N2O2. The molecule has 2 N–H and O–H groups in total. The standard InChI is InChI=1S/C13H12N2O2/c1-9-7-8-15-13(11(9)12(14)16)17-10-5-3-2-4-6-10/h2-8H,1H3,(H2,14,16). The van der Waals surface area contributed by atoms with E-state index in [1.54, 1.807) is 31.3 Å². The van der Waals surface area contributed by atoms with Gasteiger partial charge in [-0.25, -0.2) is 4.98 Å². The number of nitrogens with zero attached hydrogens (tertiary/aromatic N) is 1. The van der Waals surface area contributed by atoms with E-state index < -0.39 is 5.91 Å². The van der Waals surface area contributed by atoms with Gasteiger partial charge in [0.1, 0.15) is 11.3 Å². The van der Waals surface area contributed by atoms with Gasteiger partial charge in [0.15, 0.2) is 0 Å². The molecule has 1 amide bonds. The molecule has 4 heteroatoms. The van der Waals surface area contributed by atoms with Crippen molar-refractivity contribution >= 4 is 5.91 Å². The highest BCUT2D eigenvalue weighted by atomic mass is 16.5. The summed E-state index contributed by atoms with van der Waals surface area (Å²) in [6.07, 6.45) is 1.58. The summed E-state index contributed by atoms with van der Waals surface area (Å²) in [5, 5.41) is 0. The van der Waals surface area contributed by atoms with Crippen LogP contribution in [0.2, 0.25) is 0 Å². The van der Waals surface area contributed by atoms with Crippen LogP contribution in [-0.4, -0.2) is 10.9 Å². The van der Waals surface area contributed by atoms with Crippen LogP contribution in [0.1, 0.15) is 15.9 Å². The van der Waals surface area contributed by atoms with Gasteiger partial charge in [-0.2, -0.15) is 0 Å². The van der Waals surface area contributed by atoms with Crippen LogP contribution in [0.25, 0.3) is 0 Å². The number of carbonyl (C=O) groups excluding carboxylic acids is 1. The molecule has 2 aromatic rings. The van der Waals surface area contributed by atoms with Crippen molar-refractivity contribution in [1.82, 2.24) is 4.98 Å². The third-order valence-electron chi connectivity index (χ3n) is 2.33. The van der Waals surface area contributed by atoms with E-state index in [2.05, 4.69) is 4.98 Å². The van der Waals surface area contributed by atoms with Crippen LogP contribution in [-0.2, 0) is 0 Å². The summed E-state index contributed by atoms with van der Waals surface area (Å²) >= 11 is 0. The molecule has 0 atom stereocenters. The number of ether oxygens (including phenoxy) is 1. The number of primary amides is 1. The van der Waals surface area contributed by atoms with Gasteiger partial charge in [-0.3, -0.25) is 4.79 Å². The number of benzene rings is 1. The Kier molecular flexibility index (Phi) is 3.05. The lowest BCUT2D eigenvalue weighted by Gasteiger charge is -2.09. The fourth-order valence-electron chi connectivity index (χ4n) is 1.51. The molecule has 0 unspecified atom stereocenters. The molecule has 0 aliphatic carbocycles. The van der Waals surface area contributed by atoms with Gasteiger partial charge in [0, 0.05) is 6.20 Å². The van der Waals surface area contributed by atoms with E-state index in [1.165, 1.54) is 0 Å². The number of amides is 1. The molecule has 2 rings (SSSR count). The molecule has 1 aromatic carbocycles. The summed E-state index contributed by atoms with van der Waals surface area (Å²) in [6, 6.07) is 10.9. The van der Waals surface area contributed by atoms with E-state index in [0.29, 0.717) is 11.3 Å². The smallest absolute Gasteiger partial charge is 0.254 e. The van der Waals surface area contributed by atoms with Crippen LogP contribution in [0.4, 0.5) is 0 Å². The summed E-state index contributed by atoms with van der Waals surface area (Å²) < 4.78 is 5.54. The molecule has 1 aromatic heterocycles. The van der Waals surface area contributed by atoms with Crippen LogP contribution in [0.5, 0.6) is 11.6 Å². The Bertz CT molecular complexity index is 538. The fourth-order valence-corrected chi connectivity index (χ4v) is 1.51. The number of pyridine rings is 1. The number of para-hydroxylation sites is 1. The molecule has 0 saturated carbocycles. The molecule has 0 saturated heterocycles. The fraction of sp³-hybridized carbons (Fsp3) is 0.0769. The quantitative estimate of drug-likeness (QED) is 0.876. The summed E-state index contributed by atoms with van der Waals surface area (Å²) in [5.74, 6) is 0.318. The Morgan fingerprint density at radius 3 is 2.59 bits per heavy atom. The highest BCUT2D eigenvalue weighted by Crippen LogP contribution is 2.24. The lowest BCUT2D eigenvalue weighted by atomic mass is 10.1. The lowest BCUT2D eigenvalue weighted by molar-refractivity contribution is 0.0997. The molecular weight excluding hydrogens is 216 g/mol. The summed E-state index contributed by atoms with van der Waals surface area (Å²) in [5.41, 5.74) is 6.37. The first-order valence-electron chi connectivity index (χ1n) is 5.17. The average molecular weight is 228 g/mol. The van der Waals surface area contributed by atoms with Crippen molar-refractivity contribution in [2.45, 2.75) is 6.92 Å². The first-order valence-corrected chi connectivity index (χ1v) is 5.17. The number of hydrogen-bond acceptors (Lipinski definition) is 3. The van der Waals surface area contributed by atoms with E-state index in [4.69, 9.17) is 10.5 Å². The number of aryl methyl sites for hydroxylation is 1. The van der Waals surface area contributed by atoms with E-state index >= 15 is 0 Å². The van der Waals surface area contributed by atoms with Crippen LogP contribution < -0.4 is 10.5 Å². The maximum Gasteiger partial charge on any atom is 0.254 e. The second-order valence-electron chi connectivity index (χ2n) is 3.59. The molecule has 1 heterocycles. The average Bonchev–Trinajstić information content (AvgIpc) is 2.30. The molecule has 0 radical (unpaired) electrons. The van der Waals surface area contributed by atoms with Gasteiger partial charge in [0.25, 0.3) is 5.91 Å². The molecule has 17 heavy (non-hydrogen) atoms. The maximum absolute atomic E-state index is 11.3. The van der Waals surface area contributed by atoms with Gasteiger partial charge >= 0.3 is 0 Å². The van der Waals surface area contributed by atoms with E-state index in [0.717, 1.165) is 5.56 Å². The van der Waals surface area contributed by atoms with E-state index in [1.807, 2.05) is 18.2 Å². The monoisotopic (exact) mass is 228 g/mol. The topological polar surface area (TPSA) is 65.2 Å². The number of hydrogen-bond donors (Lipinski definition) is 1. The largest absolute Gasteiger partial charge is 0.438 e. The van der Waals surface area contributed by atoms with Gasteiger partial charge < -0.3 is 10.5 Å². The van der Waals surface area contributed by atoms with Crippen LogP contribution in [0.15, 0.2) is 42.6 Å². The second kappa shape index (κ2) is 4.65. The van der Waals surface area contributed by atoms with Gasteiger partial charge in [-0.05, 0) is 30.7 Å². The van der Waals surface area contributed by atoms with Crippen molar-refractivity contribution in [2.75, 3.05) is 0 Å². The molecule has 0 aliphatic rings. The van der Waals surface area contributed by atoms with Crippen LogP contribution in [0, 0.1) is 6.92 Å². The number of aromatic nitrogens is 1. The Labute approximate surface area is 99.1 Å². The highest BCUT2D eigenvalue weighted by Gasteiger charge is 2.14. The van der Waals surface area contributed by atoms with Gasteiger partial charge in [-0.15, -0.1) is 0 Å². The summed E-state index contributed by atoms with van der Waals surface area (Å²) in [7, 11) is 0. The normalized spacial score (nSPS) is 9.94. The first-order chi connectivity index (χ1) is 8.18. The lowest BCUT2D eigenvalue weighted by Crippen LogP contribution is -2.14. The number of rotatable bonds is 3. The molecule has 86 valence electrons. The highest BCUT2D eigenvalue weighted by molar-refractivity contribution is 5.96. The zero-order chi connectivity index (χ0) is 12.3. The van der Waals surface area contributed by atoms with Crippen molar-refractivity contribution in [2.24, 2.45) is 5.73 Å². The minimum atomic E-state index is -0.540. The van der Waals surface area contributed by atoms with E-state index in [-0.39, 0.29) is 5.88 Å². The third-order valence-corrected chi connectivity index (χ3v) is 2.33. The van der Waals surface area contributed by atoms with Gasteiger partial charge in [0.2, 0.25) is 5.88 Å². The van der Waals surface area contributed by atoms with Gasteiger partial charge in [-0.1, -0.05) is 18.2 Å². The van der Waals surface area contributed by atoms with E-state index in [9.17, 15) is 4.79 Å². The molecule has 0 aliphatic heterocycles. The van der Waals surface area contributed by atoms with Crippen molar-refractivity contribution in [3.05, 3.63) is 53.7 Å². The Balaban J connectivity index is 2.40.